The van der Waals surface area contributed by atoms with Gasteiger partial charge in [-0.2, -0.15) is 4.31 Å². The molecule has 180 valence electrons. The van der Waals surface area contributed by atoms with E-state index in [1.807, 2.05) is 0 Å². The van der Waals surface area contributed by atoms with Crippen LogP contribution >= 0.6 is 0 Å². The lowest BCUT2D eigenvalue weighted by Crippen LogP contribution is -2.42. The van der Waals surface area contributed by atoms with Crippen LogP contribution in [0.3, 0.4) is 0 Å². The maximum Gasteiger partial charge on any atom is 0.269 e. The minimum Gasteiger partial charge on any atom is -0.493 e. The molecule has 0 unspecified atom stereocenters. The Morgan fingerprint density at radius 1 is 1.03 bits per heavy atom. The zero-order chi connectivity index (χ0) is 24.2. The third kappa shape index (κ3) is 5.48. The number of nitrogens with zero attached hydrogens (tertiary/aromatic N) is 2. The maximum absolute atomic E-state index is 13.0. The van der Waals surface area contributed by atoms with Crippen LogP contribution in [0.2, 0.25) is 0 Å². The Morgan fingerprint density at radius 2 is 1.64 bits per heavy atom. The molecule has 2 heterocycles. The number of anilines is 1. The number of hydrogen-bond donors (Lipinski definition) is 2. The van der Waals surface area contributed by atoms with Crippen LogP contribution in [-0.4, -0.2) is 58.0 Å². The van der Waals surface area contributed by atoms with E-state index in [1.165, 1.54) is 56.1 Å². The quantitative estimate of drug-likeness (QED) is 0.556. The molecule has 33 heavy (non-hydrogen) atoms. The van der Waals surface area contributed by atoms with Gasteiger partial charge in [-0.1, -0.05) is 13.8 Å². The summed E-state index contributed by atoms with van der Waals surface area (Å²) in [6, 6.07) is 6.00. The summed E-state index contributed by atoms with van der Waals surface area (Å²) in [5.74, 6) is 1.50. The van der Waals surface area contributed by atoms with Crippen LogP contribution in [-0.2, 0) is 10.0 Å². The average Bonchev–Trinajstić information content (AvgIpc) is 2.81. The fraction of sp³-hybridized carbons (Fsp3) is 0.455. The molecule has 1 aromatic heterocycles. The van der Waals surface area contributed by atoms with Crippen LogP contribution in [0.5, 0.6) is 17.2 Å². The van der Waals surface area contributed by atoms with E-state index in [0.717, 1.165) is 6.42 Å². The molecule has 1 aromatic carbocycles. The predicted molar refractivity (Wildman–Crippen MR) is 123 cm³/mol. The number of methoxy groups -OCH3 is 3. The third-order valence-electron chi connectivity index (χ3n) is 5.44. The number of carbonyl (C=O) groups excluding carboxylic acids is 1. The van der Waals surface area contributed by atoms with Gasteiger partial charge in [-0.05, 0) is 42.5 Å². The Morgan fingerprint density at radius 3 is 2.12 bits per heavy atom. The molecule has 2 N–H and O–H groups in total. The molecule has 0 radical (unpaired) electrons. The molecule has 1 fully saturated rings. The van der Waals surface area contributed by atoms with Crippen LogP contribution in [0.25, 0.3) is 0 Å². The fourth-order valence-electron chi connectivity index (χ4n) is 3.96. The minimum atomic E-state index is -3.62. The van der Waals surface area contributed by atoms with Crippen molar-refractivity contribution in [3.63, 3.8) is 0 Å². The van der Waals surface area contributed by atoms with Crippen LogP contribution in [0.4, 0.5) is 5.82 Å². The highest BCUT2D eigenvalue weighted by Gasteiger charge is 2.31. The van der Waals surface area contributed by atoms with Gasteiger partial charge in [0.25, 0.3) is 5.91 Å². The Kier molecular flexibility index (Phi) is 7.65. The van der Waals surface area contributed by atoms with Gasteiger partial charge in [0.2, 0.25) is 15.8 Å². The lowest BCUT2D eigenvalue weighted by molar-refractivity contribution is 0.0961. The Bertz CT molecular complexity index is 1060. The number of nitrogens with one attached hydrogen (secondary N) is 2. The Hall–Kier alpha value is -3.05. The summed E-state index contributed by atoms with van der Waals surface area (Å²) in [5, 5.41) is 0. The number of hydrazine groups is 1. The van der Waals surface area contributed by atoms with Crippen molar-refractivity contribution >= 4 is 21.7 Å². The molecule has 1 aliphatic rings. The molecule has 2 atom stereocenters. The molecule has 10 nitrogen and oxygen atoms in total. The SMILES string of the molecule is COc1cc(C(=O)NNc2ccc(S(=O)(=O)N3C[C@@H](C)C[C@H](C)C3)cn2)cc(OC)c1OC. The number of rotatable bonds is 8. The number of carbonyl (C=O) groups is 1. The highest BCUT2D eigenvalue weighted by atomic mass is 32.2. The van der Waals surface area contributed by atoms with E-state index in [9.17, 15) is 13.2 Å². The van der Waals surface area contributed by atoms with E-state index in [1.54, 1.807) is 0 Å². The summed E-state index contributed by atoms with van der Waals surface area (Å²) in [5.41, 5.74) is 5.48. The third-order valence-corrected chi connectivity index (χ3v) is 7.26. The first kappa shape index (κ1) is 24.6. The second-order valence-electron chi connectivity index (χ2n) is 8.14. The number of hydrogen-bond acceptors (Lipinski definition) is 8. The monoisotopic (exact) mass is 478 g/mol. The van der Waals surface area contributed by atoms with Gasteiger partial charge in [-0.25, -0.2) is 13.4 Å². The predicted octanol–water partition coefficient (Wildman–Crippen LogP) is 2.53. The number of sulfonamides is 1. The van der Waals surface area contributed by atoms with Gasteiger partial charge in [-0.3, -0.25) is 15.6 Å². The average molecular weight is 479 g/mol. The van der Waals surface area contributed by atoms with Gasteiger partial charge >= 0.3 is 0 Å². The fourth-order valence-corrected chi connectivity index (χ4v) is 5.59. The molecule has 0 saturated carbocycles. The lowest BCUT2D eigenvalue weighted by Gasteiger charge is -2.33. The summed E-state index contributed by atoms with van der Waals surface area (Å²) in [6.07, 6.45) is 2.30. The van der Waals surface area contributed by atoms with E-state index in [4.69, 9.17) is 14.2 Å². The molecule has 0 spiro atoms. The summed E-state index contributed by atoms with van der Waals surface area (Å²) in [6.45, 7) is 5.11. The van der Waals surface area contributed by atoms with Crippen molar-refractivity contribution < 1.29 is 27.4 Å². The van der Waals surface area contributed by atoms with Gasteiger partial charge in [0, 0.05) is 24.8 Å². The second-order valence-corrected chi connectivity index (χ2v) is 10.1. The molecule has 0 bridgehead atoms. The minimum absolute atomic E-state index is 0.116. The standard InChI is InChI=1S/C22H30N4O6S/c1-14-8-15(2)13-26(12-14)33(28,29)17-6-7-20(23-11-17)24-25-22(27)16-9-18(30-3)21(32-5)19(10-16)31-4/h6-7,9-11,14-15H,8,12-13H2,1-5H3,(H,23,24)(H,25,27)/t14-,15-/m0/s1. The van der Waals surface area contributed by atoms with Crippen molar-refractivity contribution in [2.75, 3.05) is 39.8 Å². The Balaban J connectivity index is 1.69. The molecule has 1 amide bonds. The first-order chi connectivity index (χ1) is 15.7. The topological polar surface area (TPSA) is 119 Å². The zero-order valence-corrected chi connectivity index (χ0v) is 20.2. The summed E-state index contributed by atoms with van der Waals surface area (Å²) < 4.78 is 43.2. The largest absolute Gasteiger partial charge is 0.493 e. The van der Waals surface area contributed by atoms with Crippen LogP contribution in [0.1, 0.15) is 30.6 Å². The molecule has 1 aliphatic heterocycles. The van der Waals surface area contributed by atoms with Gasteiger partial charge < -0.3 is 14.2 Å². The van der Waals surface area contributed by atoms with E-state index in [0.29, 0.717) is 42.2 Å². The van der Waals surface area contributed by atoms with Crippen molar-refractivity contribution in [2.45, 2.75) is 25.2 Å². The van der Waals surface area contributed by atoms with Crippen LogP contribution in [0, 0.1) is 11.8 Å². The summed E-state index contributed by atoms with van der Waals surface area (Å²) in [7, 11) is 0.772. The van der Waals surface area contributed by atoms with Crippen molar-refractivity contribution in [1.29, 1.82) is 0 Å². The molecule has 0 aliphatic carbocycles. The Labute approximate surface area is 194 Å². The molecular weight excluding hydrogens is 448 g/mol. The normalized spacial score (nSPS) is 18.9. The number of amides is 1. The van der Waals surface area contributed by atoms with Crippen LogP contribution < -0.4 is 25.1 Å². The number of pyridine rings is 1. The number of benzene rings is 1. The highest BCUT2D eigenvalue weighted by Crippen LogP contribution is 2.38. The van der Waals surface area contributed by atoms with E-state index in [-0.39, 0.29) is 16.3 Å². The number of ether oxygens (including phenoxy) is 3. The van der Waals surface area contributed by atoms with Crippen LogP contribution in [0.15, 0.2) is 35.4 Å². The molecule has 11 heteroatoms. The van der Waals surface area contributed by atoms with Gasteiger partial charge in [0.1, 0.15) is 10.7 Å². The molecular formula is C22H30N4O6S. The number of aromatic nitrogens is 1. The second kappa shape index (κ2) is 10.3. The summed E-state index contributed by atoms with van der Waals surface area (Å²) in [4.78, 5) is 16.8. The highest BCUT2D eigenvalue weighted by molar-refractivity contribution is 7.89. The zero-order valence-electron chi connectivity index (χ0n) is 19.4. The van der Waals surface area contributed by atoms with Gasteiger partial charge in [0.05, 0.1) is 21.3 Å². The first-order valence-corrected chi connectivity index (χ1v) is 12.0. The molecule has 2 aromatic rings. The smallest absolute Gasteiger partial charge is 0.269 e. The summed E-state index contributed by atoms with van der Waals surface area (Å²) >= 11 is 0. The first-order valence-electron chi connectivity index (χ1n) is 10.5. The maximum atomic E-state index is 13.0. The van der Waals surface area contributed by atoms with Gasteiger partial charge in [-0.15, -0.1) is 0 Å². The number of piperidine rings is 1. The van der Waals surface area contributed by atoms with Gasteiger partial charge in [0.15, 0.2) is 11.5 Å². The lowest BCUT2D eigenvalue weighted by atomic mass is 9.94. The van der Waals surface area contributed by atoms with E-state index >= 15 is 0 Å². The van der Waals surface area contributed by atoms with E-state index in [2.05, 4.69) is 29.7 Å². The van der Waals surface area contributed by atoms with Crippen molar-refractivity contribution in [2.24, 2.45) is 11.8 Å². The van der Waals surface area contributed by atoms with Crippen molar-refractivity contribution in [3.05, 3.63) is 36.0 Å². The van der Waals surface area contributed by atoms with E-state index < -0.39 is 15.9 Å². The van der Waals surface area contributed by atoms with Crippen molar-refractivity contribution in [1.82, 2.24) is 14.7 Å². The molecule has 3 rings (SSSR count). The van der Waals surface area contributed by atoms with Crippen molar-refractivity contribution in [3.8, 4) is 17.2 Å². The molecule has 1 saturated heterocycles.